The second kappa shape index (κ2) is 3.94. The van der Waals surface area contributed by atoms with Crippen molar-refractivity contribution in [1.82, 2.24) is 0 Å². The summed E-state index contributed by atoms with van der Waals surface area (Å²) in [4.78, 5) is 0. The summed E-state index contributed by atoms with van der Waals surface area (Å²) in [6.45, 7) is 0. The van der Waals surface area contributed by atoms with Gasteiger partial charge in [-0.25, -0.2) is 5.84 Å². The first-order chi connectivity index (χ1) is 6.88. The first-order valence-electron chi connectivity index (χ1n) is 4.44. The van der Waals surface area contributed by atoms with Crippen LogP contribution in [0, 0.1) is 6.07 Å². The monoisotopic (exact) mass is 183 g/mol. The Morgan fingerprint density at radius 1 is 0.857 bits per heavy atom. The minimum atomic E-state index is 0.954. The van der Waals surface area contributed by atoms with Gasteiger partial charge in [-0.05, 0) is 30.3 Å². The fourth-order valence-electron chi connectivity index (χ4n) is 1.28. The summed E-state index contributed by atoms with van der Waals surface area (Å²) < 4.78 is 0. The van der Waals surface area contributed by atoms with Crippen molar-refractivity contribution >= 4 is 11.4 Å². The molecule has 0 aliphatic carbocycles. The van der Waals surface area contributed by atoms with Crippen molar-refractivity contribution < 1.29 is 0 Å². The number of nitrogens with zero attached hydrogens (tertiary/aromatic N) is 1. The molecule has 0 heterocycles. The SMILES string of the molecule is NN(c1cc[c]cc1)c1ccccc1. The van der Waals surface area contributed by atoms with Crippen LogP contribution < -0.4 is 10.9 Å². The Hall–Kier alpha value is -1.80. The van der Waals surface area contributed by atoms with Crippen LogP contribution in [0.25, 0.3) is 0 Å². The molecule has 1 radical (unpaired) electrons. The normalized spacial score (nSPS) is 9.79. The number of nitrogens with two attached hydrogens (primary N) is 1. The number of benzene rings is 2. The Labute approximate surface area is 83.6 Å². The van der Waals surface area contributed by atoms with Crippen LogP contribution >= 0.6 is 0 Å². The zero-order chi connectivity index (χ0) is 9.80. The van der Waals surface area contributed by atoms with Gasteiger partial charge in [-0.15, -0.1) is 0 Å². The highest BCUT2D eigenvalue weighted by Crippen LogP contribution is 2.19. The van der Waals surface area contributed by atoms with Crippen LogP contribution in [0.1, 0.15) is 0 Å². The summed E-state index contributed by atoms with van der Waals surface area (Å²) >= 11 is 0. The van der Waals surface area contributed by atoms with Gasteiger partial charge in [0.05, 0.1) is 11.4 Å². The lowest BCUT2D eigenvalue weighted by molar-refractivity contribution is 1.09. The number of hydrogen-bond acceptors (Lipinski definition) is 2. The fourth-order valence-corrected chi connectivity index (χ4v) is 1.28. The van der Waals surface area contributed by atoms with E-state index in [-0.39, 0.29) is 0 Å². The van der Waals surface area contributed by atoms with Gasteiger partial charge in [0.1, 0.15) is 0 Å². The van der Waals surface area contributed by atoms with Crippen LogP contribution in [0.4, 0.5) is 11.4 Å². The Bertz CT molecular complexity index is 344. The van der Waals surface area contributed by atoms with E-state index in [0.29, 0.717) is 0 Å². The maximum Gasteiger partial charge on any atom is 0.0575 e. The smallest absolute Gasteiger partial charge is 0.0575 e. The van der Waals surface area contributed by atoms with E-state index in [4.69, 9.17) is 5.84 Å². The molecular formula is C12H11N2. The Morgan fingerprint density at radius 2 is 1.43 bits per heavy atom. The Balaban J connectivity index is 2.30. The first-order valence-corrected chi connectivity index (χ1v) is 4.44. The average Bonchev–Trinajstić information content (AvgIpc) is 2.30. The van der Waals surface area contributed by atoms with Gasteiger partial charge in [0.25, 0.3) is 0 Å². The predicted octanol–water partition coefficient (Wildman–Crippen LogP) is 2.50. The minimum Gasteiger partial charge on any atom is -0.280 e. The van der Waals surface area contributed by atoms with Crippen LogP contribution in [0.3, 0.4) is 0 Å². The molecule has 2 rings (SSSR count). The molecule has 2 N–H and O–H groups in total. The summed E-state index contributed by atoms with van der Waals surface area (Å²) in [5, 5.41) is 1.65. The highest BCUT2D eigenvalue weighted by atomic mass is 15.4. The summed E-state index contributed by atoms with van der Waals surface area (Å²) in [7, 11) is 0. The molecule has 0 atom stereocenters. The van der Waals surface area contributed by atoms with Crippen molar-refractivity contribution in [3.05, 3.63) is 60.7 Å². The molecule has 2 heteroatoms. The number of hydrazine groups is 1. The first kappa shape index (κ1) is 8.78. The van der Waals surface area contributed by atoms with E-state index in [2.05, 4.69) is 6.07 Å². The van der Waals surface area contributed by atoms with Crippen molar-refractivity contribution in [2.75, 3.05) is 5.01 Å². The largest absolute Gasteiger partial charge is 0.280 e. The van der Waals surface area contributed by atoms with Crippen molar-refractivity contribution in [3.63, 3.8) is 0 Å². The number of para-hydroxylation sites is 1. The molecule has 2 aromatic rings. The molecule has 2 nitrogen and oxygen atoms in total. The van der Waals surface area contributed by atoms with E-state index >= 15 is 0 Å². The molecule has 69 valence electrons. The number of hydrogen-bond donors (Lipinski definition) is 1. The molecule has 0 amide bonds. The summed E-state index contributed by atoms with van der Waals surface area (Å²) in [5.74, 6) is 5.94. The van der Waals surface area contributed by atoms with Crippen molar-refractivity contribution in [2.45, 2.75) is 0 Å². The molecule has 0 aromatic heterocycles. The van der Waals surface area contributed by atoms with Crippen molar-refractivity contribution in [2.24, 2.45) is 5.84 Å². The van der Waals surface area contributed by atoms with E-state index in [1.807, 2.05) is 54.6 Å². The average molecular weight is 183 g/mol. The highest BCUT2D eigenvalue weighted by Gasteiger charge is 2.01. The summed E-state index contributed by atoms with van der Waals surface area (Å²) in [6.07, 6.45) is 0. The molecule has 0 bridgehead atoms. The highest BCUT2D eigenvalue weighted by molar-refractivity contribution is 5.60. The summed E-state index contributed by atoms with van der Waals surface area (Å²) in [6, 6.07) is 20.3. The van der Waals surface area contributed by atoms with E-state index in [9.17, 15) is 0 Å². The van der Waals surface area contributed by atoms with E-state index in [1.165, 1.54) is 0 Å². The van der Waals surface area contributed by atoms with E-state index < -0.39 is 0 Å². The minimum absolute atomic E-state index is 0.954. The van der Waals surface area contributed by atoms with Crippen LogP contribution in [-0.4, -0.2) is 0 Å². The molecule has 2 aromatic carbocycles. The second-order valence-corrected chi connectivity index (χ2v) is 2.96. The quantitative estimate of drug-likeness (QED) is 0.572. The van der Waals surface area contributed by atoms with Gasteiger partial charge < -0.3 is 0 Å². The number of anilines is 2. The maximum atomic E-state index is 5.94. The fraction of sp³-hybridized carbons (Fsp3) is 0. The molecule has 0 spiro atoms. The maximum absolute atomic E-state index is 5.94. The third-order valence-corrected chi connectivity index (χ3v) is 2.01. The van der Waals surface area contributed by atoms with Crippen LogP contribution in [0.2, 0.25) is 0 Å². The standard InChI is InChI=1S/C12H11N2/c13-14(11-7-3-1-4-8-11)12-9-5-2-6-10-12/h1,3-10H,13H2. The number of rotatable bonds is 2. The molecule has 0 fully saturated rings. The van der Waals surface area contributed by atoms with Gasteiger partial charge in [-0.2, -0.15) is 0 Å². The lowest BCUT2D eigenvalue weighted by Crippen LogP contribution is -2.24. The molecule has 0 saturated heterocycles. The lowest BCUT2D eigenvalue weighted by atomic mass is 10.2. The van der Waals surface area contributed by atoms with E-state index in [1.54, 1.807) is 5.01 Å². The topological polar surface area (TPSA) is 29.3 Å². The zero-order valence-electron chi connectivity index (χ0n) is 7.72. The van der Waals surface area contributed by atoms with Crippen molar-refractivity contribution in [3.8, 4) is 0 Å². The summed E-state index contributed by atoms with van der Waals surface area (Å²) in [5.41, 5.74) is 1.92. The molecule has 14 heavy (non-hydrogen) atoms. The van der Waals surface area contributed by atoms with Gasteiger partial charge >= 0.3 is 0 Å². The molecule has 0 aliphatic heterocycles. The van der Waals surface area contributed by atoms with Crippen LogP contribution in [-0.2, 0) is 0 Å². The van der Waals surface area contributed by atoms with Gasteiger partial charge in [0.2, 0.25) is 0 Å². The van der Waals surface area contributed by atoms with Gasteiger partial charge in [-0.1, -0.05) is 30.3 Å². The van der Waals surface area contributed by atoms with Crippen molar-refractivity contribution in [1.29, 1.82) is 0 Å². The molecule has 0 aliphatic rings. The van der Waals surface area contributed by atoms with Gasteiger partial charge in [-0.3, -0.25) is 5.01 Å². The predicted molar refractivity (Wildman–Crippen MR) is 58.0 cm³/mol. The lowest BCUT2D eigenvalue weighted by Gasteiger charge is -2.18. The Morgan fingerprint density at radius 3 is 2.07 bits per heavy atom. The zero-order valence-corrected chi connectivity index (χ0v) is 7.72. The van der Waals surface area contributed by atoms with Crippen LogP contribution in [0.5, 0.6) is 0 Å². The second-order valence-electron chi connectivity index (χ2n) is 2.96. The van der Waals surface area contributed by atoms with E-state index in [0.717, 1.165) is 11.4 Å². The van der Waals surface area contributed by atoms with Gasteiger partial charge in [0, 0.05) is 0 Å². The third kappa shape index (κ3) is 1.75. The molecule has 0 saturated carbocycles. The third-order valence-electron chi connectivity index (χ3n) is 2.01. The molecule has 0 unspecified atom stereocenters. The van der Waals surface area contributed by atoms with Gasteiger partial charge in [0.15, 0.2) is 0 Å². The Kier molecular flexibility index (Phi) is 2.47. The van der Waals surface area contributed by atoms with Crippen LogP contribution in [0.15, 0.2) is 54.6 Å². The molecular weight excluding hydrogens is 172 g/mol.